The van der Waals surface area contributed by atoms with Crippen LogP contribution in [0.2, 0.25) is 0 Å². The van der Waals surface area contributed by atoms with Gasteiger partial charge < -0.3 is 4.57 Å². The van der Waals surface area contributed by atoms with Gasteiger partial charge in [-0.2, -0.15) is 5.10 Å². The van der Waals surface area contributed by atoms with Crippen LogP contribution in [0, 0.1) is 11.7 Å². The average Bonchev–Trinajstić information content (AvgIpc) is 2.71. The molecule has 2 aromatic rings. The summed E-state index contributed by atoms with van der Waals surface area (Å²) >= 11 is 5.24. The Balaban J connectivity index is 2.11. The van der Waals surface area contributed by atoms with Crippen molar-refractivity contribution in [3.8, 4) is 0 Å². The van der Waals surface area contributed by atoms with Crippen LogP contribution >= 0.6 is 12.2 Å². The van der Waals surface area contributed by atoms with Crippen LogP contribution in [0.3, 0.4) is 0 Å². The highest BCUT2D eigenvalue weighted by Gasteiger charge is 2.06. The minimum absolute atomic E-state index is 0.733. The van der Waals surface area contributed by atoms with Gasteiger partial charge in [0.2, 0.25) is 0 Å². The van der Waals surface area contributed by atoms with Crippen LogP contribution in [0.4, 0.5) is 0 Å². The third kappa shape index (κ3) is 2.88. The standard InChI is InChI=1S/C14H19N3S/c1-3-10-17-13(15-16-14(17)18)9-8-12-7-5-4-6-11(12)2/h4-7H,3,8-10H2,1-2H3,(H,16,18). The van der Waals surface area contributed by atoms with Gasteiger partial charge in [-0.1, -0.05) is 31.2 Å². The van der Waals surface area contributed by atoms with Crippen LogP contribution in [0.1, 0.15) is 30.3 Å². The van der Waals surface area contributed by atoms with Crippen LogP contribution in [0.15, 0.2) is 24.3 Å². The number of H-pyrrole nitrogens is 1. The molecule has 1 aromatic heterocycles. The third-order valence-corrected chi connectivity index (χ3v) is 3.48. The number of aromatic amines is 1. The molecular weight excluding hydrogens is 242 g/mol. The van der Waals surface area contributed by atoms with Crippen molar-refractivity contribution >= 4 is 12.2 Å². The molecule has 0 fully saturated rings. The summed E-state index contributed by atoms with van der Waals surface area (Å²) in [4.78, 5) is 0. The lowest BCUT2D eigenvalue weighted by atomic mass is 10.0. The summed E-state index contributed by atoms with van der Waals surface area (Å²) in [5, 5.41) is 7.21. The van der Waals surface area contributed by atoms with Crippen molar-refractivity contribution in [3.05, 3.63) is 46.0 Å². The number of hydrogen-bond acceptors (Lipinski definition) is 2. The molecule has 1 aromatic carbocycles. The quantitative estimate of drug-likeness (QED) is 0.836. The van der Waals surface area contributed by atoms with E-state index in [0.717, 1.165) is 36.4 Å². The van der Waals surface area contributed by atoms with E-state index < -0.39 is 0 Å². The largest absolute Gasteiger partial charge is 0.304 e. The Hall–Kier alpha value is -1.42. The predicted molar refractivity (Wildman–Crippen MR) is 76.3 cm³/mol. The lowest BCUT2D eigenvalue weighted by molar-refractivity contribution is 0.627. The van der Waals surface area contributed by atoms with Crippen molar-refractivity contribution in [2.75, 3.05) is 0 Å². The van der Waals surface area contributed by atoms with Gasteiger partial charge in [-0.25, -0.2) is 0 Å². The van der Waals surface area contributed by atoms with Crippen LogP contribution in [-0.4, -0.2) is 14.8 Å². The summed E-state index contributed by atoms with van der Waals surface area (Å²) in [5.41, 5.74) is 2.73. The van der Waals surface area contributed by atoms with Crippen molar-refractivity contribution in [2.24, 2.45) is 0 Å². The highest BCUT2D eigenvalue weighted by Crippen LogP contribution is 2.11. The van der Waals surface area contributed by atoms with E-state index in [2.05, 4.69) is 52.9 Å². The van der Waals surface area contributed by atoms with Gasteiger partial charge in [-0.15, -0.1) is 0 Å². The molecule has 1 heterocycles. The molecule has 96 valence electrons. The predicted octanol–water partition coefficient (Wildman–Crippen LogP) is 3.44. The summed E-state index contributed by atoms with van der Waals surface area (Å²) in [5.74, 6) is 1.06. The summed E-state index contributed by atoms with van der Waals surface area (Å²) in [6.07, 6.45) is 3.01. The molecule has 0 unspecified atom stereocenters. The molecule has 0 saturated heterocycles. The summed E-state index contributed by atoms with van der Waals surface area (Å²) in [7, 11) is 0. The van der Waals surface area contributed by atoms with Gasteiger partial charge in [0.15, 0.2) is 4.77 Å². The van der Waals surface area contributed by atoms with Gasteiger partial charge in [0.25, 0.3) is 0 Å². The second-order valence-electron chi connectivity index (χ2n) is 4.52. The molecule has 0 saturated carbocycles. The average molecular weight is 261 g/mol. The van der Waals surface area contributed by atoms with E-state index in [1.54, 1.807) is 0 Å². The highest BCUT2D eigenvalue weighted by molar-refractivity contribution is 7.71. The zero-order valence-electron chi connectivity index (χ0n) is 10.9. The van der Waals surface area contributed by atoms with E-state index >= 15 is 0 Å². The summed E-state index contributed by atoms with van der Waals surface area (Å²) in [6.45, 7) is 5.25. The zero-order valence-corrected chi connectivity index (χ0v) is 11.8. The van der Waals surface area contributed by atoms with Gasteiger partial charge in [-0.05, 0) is 43.1 Å². The second-order valence-corrected chi connectivity index (χ2v) is 4.91. The van der Waals surface area contributed by atoms with Crippen LogP contribution in [0.25, 0.3) is 0 Å². The Labute approximate surface area is 113 Å². The second kappa shape index (κ2) is 5.96. The molecule has 0 amide bonds. The third-order valence-electron chi connectivity index (χ3n) is 3.16. The maximum Gasteiger partial charge on any atom is 0.195 e. The highest BCUT2D eigenvalue weighted by atomic mass is 32.1. The van der Waals surface area contributed by atoms with Crippen molar-refractivity contribution in [1.82, 2.24) is 14.8 Å². The maximum atomic E-state index is 5.24. The molecule has 3 nitrogen and oxygen atoms in total. The molecule has 0 bridgehead atoms. The van der Waals surface area contributed by atoms with Gasteiger partial charge >= 0.3 is 0 Å². The molecule has 0 aliphatic carbocycles. The normalized spacial score (nSPS) is 10.8. The van der Waals surface area contributed by atoms with E-state index in [1.807, 2.05) is 0 Å². The van der Waals surface area contributed by atoms with Gasteiger partial charge in [0.1, 0.15) is 5.82 Å². The molecule has 2 rings (SSSR count). The number of nitrogens with one attached hydrogen (secondary N) is 1. The van der Waals surface area contributed by atoms with E-state index in [-0.39, 0.29) is 0 Å². The molecule has 0 aliphatic rings. The van der Waals surface area contributed by atoms with E-state index in [9.17, 15) is 0 Å². The molecule has 18 heavy (non-hydrogen) atoms. The van der Waals surface area contributed by atoms with Crippen molar-refractivity contribution < 1.29 is 0 Å². The Morgan fingerprint density at radius 3 is 2.78 bits per heavy atom. The number of aryl methyl sites for hydroxylation is 3. The smallest absolute Gasteiger partial charge is 0.195 e. The lowest BCUT2D eigenvalue weighted by Gasteiger charge is -2.07. The first-order valence-electron chi connectivity index (χ1n) is 6.41. The SMILES string of the molecule is CCCn1c(CCc2ccccc2C)n[nH]c1=S. The Kier molecular flexibility index (Phi) is 4.31. The fourth-order valence-electron chi connectivity index (χ4n) is 2.13. The Bertz CT molecular complexity index is 568. The molecule has 1 N–H and O–H groups in total. The number of benzene rings is 1. The first-order chi connectivity index (χ1) is 8.72. The number of rotatable bonds is 5. The zero-order chi connectivity index (χ0) is 13.0. The monoisotopic (exact) mass is 261 g/mol. The Morgan fingerprint density at radius 2 is 2.06 bits per heavy atom. The number of aromatic nitrogens is 3. The molecule has 0 spiro atoms. The van der Waals surface area contributed by atoms with Crippen molar-refractivity contribution in [2.45, 2.75) is 39.7 Å². The van der Waals surface area contributed by atoms with E-state index in [4.69, 9.17) is 12.2 Å². The van der Waals surface area contributed by atoms with Gasteiger partial charge in [0, 0.05) is 13.0 Å². The Morgan fingerprint density at radius 1 is 1.28 bits per heavy atom. The van der Waals surface area contributed by atoms with Gasteiger partial charge in [0.05, 0.1) is 0 Å². The first kappa shape index (κ1) is 13.0. The van der Waals surface area contributed by atoms with E-state index in [0.29, 0.717) is 0 Å². The van der Waals surface area contributed by atoms with Gasteiger partial charge in [-0.3, -0.25) is 5.10 Å². The lowest BCUT2D eigenvalue weighted by Crippen LogP contribution is -2.05. The van der Waals surface area contributed by atoms with Crippen LogP contribution in [-0.2, 0) is 19.4 Å². The number of nitrogens with zero attached hydrogens (tertiary/aromatic N) is 2. The summed E-state index contributed by atoms with van der Waals surface area (Å²) < 4.78 is 2.84. The number of hydrogen-bond donors (Lipinski definition) is 1. The van der Waals surface area contributed by atoms with Crippen LogP contribution in [0.5, 0.6) is 0 Å². The van der Waals surface area contributed by atoms with E-state index in [1.165, 1.54) is 11.1 Å². The molecule has 4 heteroatoms. The fraction of sp³-hybridized carbons (Fsp3) is 0.429. The van der Waals surface area contributed by atoms with Crippen molar-refractivity contribution in [1.29, 1.82) is 0 Å². The minimum atomic E-state index is 0.733. The minimum Gasteiger partial charge on any atom is -0.304 e. The van der Waals surface area contributed by atoms with Crippen LogP contribution < -0.4 is 0 Å². The first-order valence-corrected chi connectivity index (χ1v) is 6.81. The topological polar surface area (TPSA) is 33.6 Å². The molecular formula is C14H19N3S. The molecule has 0 atom stereocenters. The fourth-order valence-corrected chi connectivity index (χ4v) is 2.37. The maximum absolute atomic E-state index is 5.24. The summed E-state index contributed by atoms with van der Waals surface area (Å²) in [6, 6.07) is 8.50. The molecule has 0 aliphatic heterocycles. The van der Waals surface area contributed by atoms with Crippen molar-refractivity contribution in [3.63, 3.8) is 0 Å². The molecule has 0 radical (unpaired) electrons.